The van der Waals surface area contributed by atoms with Crippen LogP contribution in [0.1, 0.15) is 68.9 Å². The number of alkyl halides is 2. The van der Waals surface area contributed by atoms with Crippen molar-refractivity contribution in [3.05, 3.63) is 52.2 Å². The number of H-pyrrole nitrogens is 1. The Labute approximate surface area is 222 Å². The number of nitrogens with zero attached hydrogens (tertiary/aromatic N) is 2. The van der Waals surface area contributed by atoms with E-state index in [4.69, 9.17) is 4.98 Å². The Morgan fingerprint density at radius 1 is 1.05 bits per heavy atom. The lowest BCUT2D eigenvalue weighted by Crippen LogP contribution is -2.51. The first kappa shape index (κ1) is 25.4. The van der Waals surface area contributed by atoms with Gasteiger partial charge in [0.15, 0.2) is 5.82 Å². The quantitative estimate of drug-likeness (QED) is 0.364. The number of piperidine rings is 1. The van der Waals surface area contributed by atoms with Gasteiger partial charge in [0.05, 0.1) is 5.52 Å². The fourth-order valence-corrected chi connectivity index (χ4v) is 7.03. The highest BCUT2D eigenvalue weighted by Gasteiger charge is 2.42. The fourth-order valence-electron chi connectivity index (χ4n) is 7.03. The summed E-state index contributed by atoms with van der Waals surface area (Å²) in [5, 5.41) is 8.50. The first-order chi connectivity index (χ1) is 18.3. The van der Waals surface area contributed by atoms with E-state index in [0.717, 1.165) is 53.3 Å². The number of fused-ring (bicyclic) bond motifs is 3. The molecule has 6 rings (SSSR count). The van der Waals surface area contributed by atoms with E-state index in [0.29, 0.717) is 48.1 Å². The van der Waals surface area contributed by atoms with Crippen LogP contribution in [0, 0.1) is 25.7 Å². The van der Waals surface area contributed by atoms with Gasteiger partial charge < -0.3 is 15.6 Å². The molecule has 0 amide bonds. The lowest BCUT2D eigenvalue weighted by atomic mass is 9.78. The molecule has 1 saturated carbocycles. The minimum Gasteiger partial charge on any atom is -0.365 e. The van der Waals surface area contributed by atoms with Gasteiger partial charge in [0.25, 0.3) is 5.56 Å². The summed E-state index contributed by atoms with van der Waals surface area (Å²) in [6.45, 7) is 3.84. The van der Waals surface area contributed by atoms with Gasteiger partial charge in [0.1, 0.15) is 0 Å². The van der Waals surface area contributed by atoms with Gasteiger partial charge in [-0.1, -0.05) is 6.42 Å². The van der Waals surface area contributed by atoms with Crippen molar-refractivity contribution in [1.29, 1.82) is 0 Å². The molecule has 0 spiro atoms. The van der Waals surface area contributed by atoms with Gasteiger partial charge in [0.2, 0.25) is 5.92 Å². The molecule has 0 aromatic carbocycles. The van der Waals surface area contributed by atoms with Crippen LogP contribution in [0.25, 0.3) is 22.0 Å². The molecular formula is C30H37F2N5O. The second-order valence-corrected chi connectivity index (χ2v) is 11.9. The van der Waals surface area contributed by atoms with E-state index in [-0.39, 0.29) is 24.4 Å². The molecule has 6 nitrogen and oxygen atoms in total. The number of anilines is 1. The third kappa shape index (κ3) is 5.07. The molecule has 38 heavy (non-hydrogen) atoms. The molecule has 3 aliphatic rings. The summed E-state index contributed by atoms with van der Waals surface area (Å²) in [7, 11) is 0. The van der Waals surface area contributed by atoms with Crippen LogP contribution in [0.5, 0.6) is 0 Å². The lowest BCUT2D eigenvalue weighted by molar-refractivity contribution is -0.0472. The molecule has 4 atom stereocenters. The van der Waals surface area contributed by atoms with Crippen LogP contribution in [0.2, 0.25) is 0 Å². The minimum absolute atomic E-state index is 0.0270. The van der Waals surface area contributed by atoms with Gasteiger partial charge in [-0.15, -0.1) is 0 Å². The van der Waals surface area contributed by atoms with Crippen molar-refractivity contribution in [1.82, 2.24) is 20.3 Å². The first-order valence-electron chi connectivity index (χ1n) is 14.1. The highest BCUT2D eigenvalue weighted by molar-refractivity contribution is 5.99. The average Bonchev–Trinajstić information content (AvgIpc) is 3.27. The summed E-state index contributed by atoms with van der Waals surface area (Å²) < 4.78 is 27.4. The van der Waals surface area contributed by atoms with E-state index in [2.05, 4.69) is 26.7 Å². The maximum atomic E-state index is 13.7. The van der Waals surface area contributed by atoms with Crippen molar-refractivity contribution in [2.24, 2.45) is 11.8 Å². The number of aromatic amines is 1. The molecule has 8 heteroatoms. The molecule has 202 valence electrons. The van der Waals surface area contributed by atoms with Gasteiger partial charge >= 0.3 is 0 Å². The van der Waals surface area contributed by atoms with E-state index in [1.807, 2.05) is 38.5 Å². The summed E-state index contributed by atoms with van der Waals surface area (Å²) in [5.41, 5.74) is 4.24. The summed E-state index contributed by atoms with van der Waals surface area (Å²) in [6.07, 6.45) is 12.2. The third-order valence-electron chi connectivity index (χ3n) is 9.18. The molecule has 5 heterocycles. The topological polar surface area (TPSA) is 82.7 Å². The van der Waals surface area contributed by atoms with Crippen molar-refractivity contribution in [2.45, 2.75) is 95.7 Å². The molecule has 3 N–H and O–H groups in total. The standard InChI is InChI=1S/C30H37F2N5O/c1-17-11-20(15-33-14-17)24-16-34-28(27-23(24)12-18(2)29(38)37-27)36-26-13-21-4-6-25(35-21)22(26)5-3-19-7-9-30(31,32)10-8-19/h11-12,14-16,19,21-22,25-26,35H,3-10,13H2,1-2H3,(H,34,36)(H,37,38)/t21-,22-,25+,26-/m1/s1. The average molecular weight is 522 g/mol. The van der Waals surface area contributed by atoms with Crippen LogP contribution >= 0.6 is 0 Å². The molecule has 1 aliphatic carbocycles. The number of nitrogens with one attached hydrogen (secondary N) is 3. The molecule has 2 bridgehead atoms. The Bertz CT molecular complexity index is 1380. The SMILES string of the molecule is Cc1cncc(-c2cnc(N[C@@H]3C[C@H]4CC[C@H](N4)[C@H]3CCC3CCC(F)(F)CC3)c3[nH]c(=O)c(C)cc23)c1. The van der Waals surface area contributed by atoms with Crippen molar-refractivity contribution in [2.75, 3.05) is 5.32 Å². The maximum Gasteiger partial charge on any atom is 0.251 e. The number of hydrogen-bond donors (Lipinski definition) is 3. The van der Waals surface area contributed by atoms with Gasteiger partial charge in [-0.05, 0) is 81.9 Å². The molecule has 3 aromatic rings. The highest BCUT2D eigenvalue weighted by atomic mass is 19.3. The second-order valence-electron chi connectivity index (χ2n) is 11.9. The molecule has 2 saturated heterocycles. The molecule has 3 aromatic heterocycles. The van der Waals surface area contributed by atoms with Crippen molar-refractivity contribution < 1.29 is 8.78 Å². The molecular weight excluding hydrogens is 484 g/mol. The number of hydrogen-bond acceptors (Lipinski definition) is 5. The normalized spacial score (nSPS) is 27.1. The summed E-state index contributed by atoms with van der Waals surface area (Å²) in [6, 6.07) is 5.15. The monoisotopic (exact) mass is 521 g/mol. The summed E-state index contributed by atoms with van der Waals surface area (Å²) in [4.78, 5) is 25.0. The number of pyridine rings is 3. The smallest absolute Gasteiger partial charge is 0.251 e. The number of rotatable bonds is 6. The summed E-state index contributed by atoms with van der Waals surface area (Å²) >= 11 is 0. The van der Waals surface area contributed by atoms with Gasteiger partial charge in [-0.25, -0.2) is 13.8 Å². The minimum atomic E-state index is -2.48. The molecule has 3 fully saturated rings. The Kier molecular flexibility index (Phi) is 6.70. The first-order valence-corrected chi connectivity index (χ1v) is 14.1. The van der Waals surface area contributed by atoms with E-state index in [9.17, 15) is 13.6 Å². The van der Waals surface area contributed by atoms with Crippen LogP contribution in [-0.2, 0) is 0 Å². The second kappa shape index (κ2) is 10.0. The molecule has 2 aliphatic heterocycles. The zero-order valence-electron chi connectivity index (χ0n) is 22.2. The van der Waals surface area contributed by atoms with Crippen LogP contribution in [0.3, 0.4) is 0 Å². The van der Waals surface area contributed by atoms with Crippen molar-refractivity contribution >= 4 is 16.7 Å². The predicted octanol–water partition coefficient (Wildman–Crippen LogP) is 6.13. The van der Waals surface area contributed by atoms with E-state index >= 15 is 0 Å². The number of aryl methyl sites for hydroxylation is 2. The van der Waals surface area contributed by atoms with Crippen LogP contribution in [0.4, 0.5) is 14.6 Å². The highest BCUT2D eigenvalue weighted by Crippen LogP contribution is 2.42. The molecule has 0 unspecified atom stereocenters. The predicted molar refractivity (Wildman–Crippen MR) is 147 cm³/mol. The number of halogens is 2. The zero-order chi connectivity index (χ0) is 26.4. The van der Waals surface area contributed by atoms with Gasteiger partial charge in [-0.3, -0.25) is 9.78 Å². The number of aromatic nitrogens is 3. The van der Waals surface area contributed by atoms with Gasteiger partial charge in [0, 0.05) is 71.6 Å². The zero-order valence-corrected chi connectivity index (χ0v) is 22.2. The third-order valence-corrected chi connectivity index (χ3v) is 9.18. The Hall–Kier alpha value is -2.87. The fraction of sp³-hybridized carbons (Fsp3) is 0.567. The summed E-state index contributed by atoms with van der Waals surface area (Å²) in [5.74, 6) is -0.996. The van der Waals surface area contributed by atoms with Crippen molar-refractivity contribution in [3.8, 4) is 11.1 Å². The van der Waals surface area contributed by atoms with Crippen LogP contribution in [-0.4, -0.2) is 39.0 Å². The Morgan fingerprint density at radius 3 is 2.66 bits per heavy atom. The maximum absolute atomic E-state index is 13.7. The van der Waals surface area contributed by atoms with Crippen LogP contribution < -0.4 is 16.2 Å². The van der Waals surface area contributed by atoms with E-state index in [1.54, 1.807) is 0 Å². The lowest BCUT2D eigenvalue weighted by Gasteiger charge is -2.39. The Balaban J connectivity index is 1.29. The van der Waals surface area contributed by atoms with E-state index in [1.165, 1.54) is 6.42 Å². The Morgan fingerprint density at radius 2 is 1.87 bits per heavy atom. The van der Waals surface area contributed by atoms with Crippen LogP contribution in [0.15, 0.2) is 35.5 Å². The molecule has 0 radical (unpaired) electrons. The van der Waals surface area contributed by atoms with Gasteiger partial charge in [-0.2, -0.15) is 0 Å². The van der Waals surface area contributed by atoms with E-state index < -0.39 is 5.92 Å². The largest absolute Gasteiger partial charge is 0.365 e. The van der Waals surface area contributed by atoms with Crippen molar-refractivity contribution in [3.63, 3.8) is 0 Å².